The van der Waals surface area contributed by atoms with Crippen molar-refractivity contribution in [2.75, 3.05) is 0 Å². The van der Waals surface area contributed by atoms with Crippen LogP contribution in [0.4, 0.5) is 0 Å². The standard InChI is InChI=1S/C6H14I6Si3/c1-5(2)13(7,8)15(11,12)14(9,10)6(3)4/h5-6H,1-4H3. The van der Waals surface area contributed by atoms with Crippen LogP contribution in [0.2, 0.25) is 11.1 Å². The van der Waals surface area contributed by atoms with Crippen LogP contribution in [0.1, 0.15) is 27.7 Å². The predicted octanol–water partition coefficient (Wildman–Crippen LogP) is 6.90. The molecule has 0 N–H and O–H groups in total. The molecular weight excluding hydrogens is 918 g/mol. The second-order valence-corrected chi connectivity index (χ2v) is 93.9. The third kappa shape index (κ3) is 4.50. The Balaban J connectivity index is 5.30. The highest BCUT2D eigenvalue weighted by Gasteiger charge is 2.64. The molecular formula is C6H14I6Si3. The maximum Gasteiger partial charge on any atom is 0.219 e. The van der Waals surface area contributed by atoms with Crippen LogP contribution in [-0.2, 0) is 0 Å². The molecule has 0 unspecified atom stereocenters. The fourth-order valence-electron chi connectivity index (χ4n) is 0.947. The molecule has 0 amide bonds. The van der Waals surface area contributed by atoms with Crippen molar-refractivity contribution in [1.82, 2.24) is 0 Å². The lowest BCUT2D eigenvalue weighted by Crippen LogP contribution is -2.62. The van der Waals surface area contributed by atoms with E-state index in [-0.39, 0.29) is 0 Å². The molecule has 0 aromatic heterocycles. The highest BCUT2D eigenvalue weighted by Crippen LogP contribution is 2.59. The number of hydrogen-bond donors (Lipinski definition) is 0. The van der Waals surface area contributed by atoms with Gasteiger partial charge in [0.1, 0.15) is 0 Å². The lowest BCUT2D eigenvalue weighted by molar-refractivity contribution is 1.06. The lowest BCUT2D eigenvalue weighted by atomic mass is 10.6. The zero-order valence-electron chi connectivity index (χ0n) is 8.92. The summed E-state index contributed by atoms with van der Waals surface area (Å²) < 4.78 is -3.34. The van der Waals surface area contributed by atoms with E-state index in [0.717, 1.165) is 11.1 Å². The average Bonchev–Trinajstić information content (AvgIpc) is 2.02. The van der Waals surface area contributed by atoms with Crippen LogP contribution in [0.25, 0.3) is 0 Å². The van der Waals surface area contributed by atoms with Gasteiger partial charge in [-0.1, -0.05) is 27.7 Å². The monoisotopic (exact) mass is 931 g/mol. The molecule has 0 bridgehead atoms. The van der Waals surface area contributed by atoms with Crippen LogP contribution in [0.5, 0.6) is 0 Å². The molecule has 0 saturated heterocycles. The normalized spacial score (nSPS) is 15.2. The molecule has 0 heterocycles. The Bertz CT molecular complexity index is 205. The number of rotatable bonds is 4. The summed E-state index contributed by atoms with van der Waals surface area (Å²) in [6.07, 6.45) is 0. The quantitative estimate of drug-likeness (QED) is 0.164. The number of halogens is 6. The molecule has 0 saturated carbocycles. The van der Waals surface area contributed by atoms with Crippen molar-refractivity contribution in [3.05, 3.63) is 0 Å². The van der Waals surface area contributed by atoms with Crippen LogP contribution in [-0.4, -0.2) is 7.27 Å². The Labute approximate surface area is 172 Å². The van der Waals surface area contributed by atoms with E-state index >= 15 is 0 Å². The van der Waals surface area contributed by atoms with Gasteiger partial charge >= 0.3 is 0 Å². The maximum atomic E-state index is 2.91. The van der Waals surface area contributed by atoms with Crippen molar-refractivity contribution in [2.45, 2.75) is 38.8 Å². The summed E-state index contributed by atoms with van der Waals surface area (Å²) in [4.78, 5) is 0. The highest BCUT2D eigenvalue weighted by molar-refractivity contribution is 14.3. The topological polar surface area (TPSA) is 0 Å². The van der Waals surface area contributed by atoms with Gasteiger partial charge in [-0.05, 0) is 11.1 Å². The molecule has 0 radical (unpaired) electrons. The van der Waals surface area contributed by atoms with Gasteiger partial charge in [0, 0.05) is 0 Å². The first-order chi connectivity index (χ1) is 6.39. The van der Waals surface area contributed by atoms with Gasteiger partial charge in [-0.3, -0.25) is 0 Å². The lowest BCUT2D eigenvalue weighted by Gasteiger charge is -2.42. The Morgan fingerprint density at radius 2 is 0.800 bits per heavy atom. The van der Waals surface area contributed by atoms with Gasteiger partial charge in [0.2, 0.25) is 7.27 Å². The third-order valence-electron chi connectivity index (χ3n) is 2.29. The fraction of sp³-hybridized carbons (Fsp3) is 1.00. The van der Waals surface area contributed by atoms with Crippen molar-refractivity contribution in [3.8, 4) is 0 Å². The van der Waals surface area contributed by atoms with Gasteiger partial charge in [-0.2, -0.15) is 0 Å². The van der Waals surface area contributed by atoms with Gasteiger partial charge in [-0.25, -0.2) is 0 Å². The molecule has 0 aromatic carbocycles. The molecule has 0 spiro atoms. The van der Waals surface area contributed by atoms with Crippen LogP contribution in [0.3, 0.4) is 0 Å². The van der Waals surface area contributed by atoms with E-state index < -0.39 is 7.27 Å². The van der Waals surface area contributed by atoms with Gasteiger partial charge in [0.25, 0.3) is 0 Å². The SMILES string of the molecule is CC(C)[Si](I)(I)[Si](I)(I)[Si](I)(I)C(C)C. The van der Waals surface area contributed by atoms with Crippen LogP contribution in [0.15, 0.2) is 0 Å². The summed E-state index contributed by atoms with van der Waals surface area (Å²) in [5.74, 6) is 0. The minimum absolute atomic E-state index is 0.898. The molecule has 0 atom stereocenters. The Morgan fingerprint density at radius 1 is 0.600 bits per heavy atom. The van der Waals surface area contributed by atoms with Gasteiger partial charge < -0.3 is 0 Å². The van der Waals surface area contributed by atoms with Gasteiger partial charge in [0.05, 0.1) is 0 Å². The molecule has 92 valence electrons. The summed E-state index contributed by atoms with van der Waals surface area (Å²) in [6.45, 7) is 9.73. The second kappa shape index (κ2) is 7.34. The van der Waals surface area contributed by atoms with Crippen molar-refractivity contribution < 1.29 is 0 Å². The van der Waals surface area contributed by atoms with Gasteiger partial charge in [-0.15, -0.1) is 131 Å². The summed E-state index contributed by atoms with van der Waals surface area (Å²) in [5, 5.41) is 0. The molecule has 0 rings (SSSR count). The van der Waals surface area contributed by atoms with Crippen molar-refractivity contribution in [1.29, 1.82) is 0 Å². The van der Waals surface area contributed by atoms with E-state index in [0.29, 0.717) is 0 Å². The number of hydrogen-bond acceptors (Lipinski definition) is 0. The Kier molecular flexibility index (Phi) is 9.80. The summed E-state index contributed by atoms with van der Waals surface area (Å²) in [7, 11) is 0. The van der Waals surface area contributed by atoms with E-state index in [9.17, 15) is 0 Å². The molecule has 9 heteroatoms. The Morgan fingerprint density at radius 3 is 0.933 bits per heavy atom. The molecule has 0 aromatic rings. The summed E-state index contributed by atoms with van der Waals surface area (Å²) in [5.41, 5.74) is 1.80. The molecule has 0 aliphatic rings. The van der Waals surface area contributed by atoms with E-state index in [1.54, 1.807) is 0 Å². The smallest absolute Gasteiger partial charge is 0.108 e. The largest absolute Gasteiger partial charge is 0.219 e. The van der Waals surface area contributed by atoms with E-state index in [1.165, 1.54) is 0 Å². The van der Waals surface area contributed by atoms with Gasteiger partial charge in [0.15, 0.2) is 0 Å². The highest BCUT2D eigenvalue weighted by atomic mass is 127. The third-order valence-corrected chi connectivity index (χ3v) is 190. The van der Waals surface area contributed by atoms with Crippen LogP contribution in [0, 0.1) is 0 Å². The van der Waals surface area contributed by atoms with E-state index in [4.69, 9.17) is 0 Å². The molecule has 0 aliphatic carbocycles. The average molecular weight is 932 g/mol. The fourth-order valence-corrected chi connectivity index (χ4v) is 142. The minimum atomic E-state index is -1.12. The zero-order chi connectivity index (χ0) is 12.7. The van der Waals surface area contributed by atoms with E-state index in [1.807, 2.05) is 0 Å². The molecule has 0 nitrogen and oxygen atoms in total. The molecule has 0 fully saturated rings. The van der Waals surface area contributed by atoms with Crippen molar-refractivity contribution >= 4 is 138 Å². The maximum absolute atomic E-state index is 2.91. The summed E-state index contributed by atoms with van der Waals surface area (Å²) >= 11 is 17.3. The van der Waals surface area contributed by atoms with Crippen LogP contribution >= 0.6 is 131 Å². The minimum Gasteiger partial charge on any atom is -0.108 e. The first-order valence-corrected chi connectivity index (χ1v) is 31.4. The first-order valence-electron chi connectivity index (χ1n) is 4.52. The summed E-state index contributed by atoms with van der Waals surface area (Å²) in [6, 6.07) is 0. The van der Waals surface area contributed by atoms with Crippen LogP contribution < -0.4 is 0 Å². The van der Waals surface area contributed by atoms with Crippen molar-refractivity contribution in [2.24, 2.45) is 0 Å². The predicted molar refractivity (Wildman–Crippen MR) is 132 cm³/mol. The second-order valence-electron chi connectivity index (χ2n) is 4.13. The molecule has 15 heavy (non-hydrogen) atoms. The van der Waals surface area contributed by atoms with Crippen molar-refractivity contribution in [3.63, 3.8) is 0 Å². The Hall–Kier alpha value is 5.03. The van der Waals surface area contributed by atoms with E-state index in [2.05, 4.69) is 158 Å². The molecule has 0 aliphatic heterocycles. The zero-order valence-corrected chi connectivity index (χ0v) is 24.9. The first kappa shape index (κ1) is 20.0.